The van der Waals surface area contributed by atoms with Gasteiger partial charge in [-0.05, 0) is 42.6 Å². The molecule has 0 saturated carbocycles. The van der Waals surface area contributed by atoms with Crippen molar-refractivity contribution in [1.29, 1.82) is 0 Å². The number of methoxy groups -OCH3 is 1. The number of nitrogens with zero attached hydrogens (tertiary/aromatic N) is 1. The number of piperazine rings is 1. The molecule has 1 aliphatic heterocycles. The molecule has 3 rings (SSSR count). The summed E-state index contributed by atoms with van der Waals surface area (Å²) in [4.78, 5) is 28.1. The molecule has 0 radical (unpaired) electrons. The van der Waals surface area contributed by atoms with Crippen molar-refractivity contribution in [2.75, 3.05) is 13.7 Å². The summed E-state index contributed by atoms with van der Waals surface area (Å²) in [5, 5.41) is 12.8. The van der Waals surface area contributed by atoms with Crippen molar-refractivity contribution < 1.29 is 19.4 Å². The number of carbonyl (C=O) groups is 2. The first-order valence-corrected chi connectivity index (χ1v) is 10.2. The molecule has 0 spiro atoms. The number of rotatable bonds is 8. The van der Waals surface area contributed by atoms with Gasteiger partial charge in [0.25, 0.3) is 0 Å². The van der Waals surface area contributed by atoms with Crippen molar-refractivity contribution in [2.45, 2.75) is 44.3 Å². The second kappa shape index (κ2) is 9.63. The lowest BCUT2D eigenvalue weighted by Crippen LogP contribution is -2.64. The highest BCUT2D eigenvalue weighted by atomic mass is 16.5. The van der Waals surface area contributed by atoms with E-state index in [1.807, 2.05) is 37.3 Å². The quantitative estimate of drug-likeness (QED) is 0.617. The average molecular weight is 412 g/mol. The summed E-state index contributed by atoms with van der Waals surface area (Å²) in [5.74, 6) is -0.107. The summed E-state index contributed by atoms with van der Waals surface area (Å²) in [6.07, 6.45) is 1.13. The fourth-order valence-electron chi connectivity index (χ4n) is 3.88. The molecule has 0 aliphatic carbocycles. The van der Waals surface area contributed by atoms with Crippen LogP contribution < -0.4 is 15.8 Å². The number of nitrogens with one attached hydrogen (secondary N) is 1. The van der Waals surface area contributed by atoms with Crippen LogP contribution in [-0.4, -0.2) is 47.6 Å². The third-order valence-corrected chi connectivity index (χ3v) is 5.63. The molecular weight excluding hydrogens is 382 g/mol. The predicted octanol–water partition coefficient (Wildman–Crippen LogP) is 2.14. The van der Waals surface area contributed by atoms with Gasteiger partial charge in [0.2, 0.25) is 11.8 Å². The number of aromatic hydroxyl groups is 1. The lowest BCUT2D eigenvalue weighted by molar-refractivity contribution is -0.151. The van der Waals surface area contributed by atoms with Crippen LogP contribution in [-0.2, 0) is 16.1 Å². The fourth-order valence-corrected chi connectivity index (χ4v) is 3.88. The van der Waals surface area contributed by atoms with Crippen LogP contribution in [0.2, 0.25) is 0 Å². The first kappa shape index (κ1) is 21.6. The number of carbonyl (C=O) groups excluding carboxylic acids is 2. The van der Waals surface area contributed by atoms with Gasteiger partial charge in [-0.2, -0.15) is 0 Å². The van der Waals surface area contributed by atoms with Crippen LogP contribution in [0.5, 0.6) is 11.5 Å². The molecule has 160 valence electrons. The van der Waals surface area contributed by atoms with Gasteiger partial charge < -0.3 is 25.8 Å². The Balaban J connectivity index is 1.90. The van der Waals surface area contributed by atoms with E-state index in [0.29, 0.717) is 25.1 Å². The Morgan fingerprint density at radius 2 is 1.93 bits per heavy atom. The minimum atomic E-state index is -0.645. The van der Waals surface area contributed by atoms with Crippen molar-refractivity contribution in [3.8, 4) is 11.5 Å². The van der Waals surface area contributed by atoms with Crippen molar-refractivity contribution in [2.24, 2.45) is 5.73 Å². The van der Waals surface area contributed by atoms with E-state index in [9.17, 15) is 14.7 Å². The first-order valence-electron chi connectivity index (χ1n) is 10.2. The molecule has 7 nitrogen and oxygen atoms in total. The second-order valence-electron chi connectivity index (χ2n) is 7.60. The molecule has 30 heavy (non-hydrogen) atoms. The van der Waals surface area contributed by atoms with E-state index in [-0.39, 0.29) is 30.0 Å². The zero-order valence-electron chi connectivity index (χ0n) is 17.4. The monoisotopic (exact) mass is 411 g/mol. The van der Waals surface area contributed by atoms with E-state index in [4.69, 9.17) is 10.5 Å². The van der Waals surface area contributed by atoms with Gasteiger partial charge in [0.15, 0.2) is 11.5 Å². The maximum atomic E-state index is 13.5. The third-order valence-electron chi connectivity index (χ3n) is 5.63. The molecule has 2 aromatic carbocycles. The van der Waals surface area contributed by atoms with Gasteiger partial charge in [0, 0.05) is 12.5 Å². The zero-order valence-corrected chi connectivity index (χ0v) is 17.4. The Kier molecular flexibility index (Phi) is 6.95. The van der Waals surface area contributed by atoms with Crippen molar-refractivity contribution in [3.05, 3.63) is 59.7 Å². The maximum Gasteiger partial charge on any atom is 0.246 e. The van der Waals surface area contributed by atoms with Gasteiger partial charge in [-0.15, -0.1) is 0 Å². The summed E-state index contributed by atoms with van der Waals surface area (Å²) in [7, 11) is 1.47. The van der Waals surface area contributed by atoms with Crippen molar-refractivity contribution >= 4 is 11.8 Å². The van der Waals surface area contributed by atoms with Crippen LogP contribution in [0.4, 0.5) is 0 Å². The van der Waals surface area contributed by atoms with Gasteiger partial charge in [-0.3, -0.25) is 9.59 Å². The molecule has 3 atom stereocenters. The maximum absolute atomic E-state index is 13.5. The van der Waals surface area contributed by atoms with Crippen LogP contribution in [0, 0.1) is 0 Å². The summed E-state index contributed by atoms with van der Waals surface area (Å²) in [6, 6.07) is 13.4. The number of phenols is 1. The van der Waals surface area contributed by atoms with E-state index in [1.165, 1.54) is 13.2 Å². The smallest absolute Gasteiger partial charge is 0.246 e. The predicted molar refractivity (Wildman–Crippen MR) is 114 cm³/mol. The molecule has 2 aromatic rings. The van der Waals surface area contributed by atoms with Crippen LogP contribution in [0.25, 0.3) is 0 Å². The molecule has 1 fully saturated rings. The largest absolute Gasteiger partial charge is 0.504 e. The summed E-state index contributed by atoms with van der Waals surface area (Å²) >= 11 is 0. The van der Waals surface area contributed by atoms with Crippen LogP contribution >= 0.6 is 0 Å². The van der Waals surface area contributed by atoms with Gasteiger partial charge >= 0.3 is 0 Å². The number of ether oxygens (including phenoxy) is 1. The van der Waals surface area contributed by atoms with Crippen LogP contribution in [0.3, 0.4) is 0 Å². The fraction of sp³-hybridized carbons (Fsp3) is 0.391. The lowest BCUT2D eigenvalue weighted by Gasteiger charge is -2.41. The number of phenolic OH excluding ortho intramolecular Hbond substituents is 1. The third kappa shape index (κ3) is 4.57. The van der Waals surface area contributed by atoms with Crippen molar-refractivity contribution in [3.63, 3.8) is 0 Å². The SMILES string of the molecule is COc1cc(CN2C(=O)C(C(C)c3ccccc3)NC(=O)C2CCCN)ccc1O. The zero-order chi connectivity index (χ0) is 21.7. The van der Waals surface area contributed by atoms with Gasteiger partial charge in [0.05, 0.1) is 7.11 Å². The normalized spacial score (nSPS) is 20.0. The molecule has 1 heterocycles. The summed E-state index contributed by atoms with van der Waals surface area (Å²) in [6.45, 7) is 2.64. The van der Waals surface area contributed by atoms with E-state index in [0.717, 1.165) is 11.1 Å². The molecule has 0 bridgehead atoms. The van der Waals surface area contributed by atoms with Crippen molar-refractivity contribution in [1.82, 2.24) is 10.2 Å². The van der Waals surface area contributed by atoms with Crippen LogP contribution in [0.15, 0.2) is 48.5 Å². The number of hydrogen-bond acceptors (Lipinski definition) is 5. The van der Waals surface area contributed by atoms with Gasteiger partial charge in [0.1, 0.15) is 12.1 Å². The molecule has 4 N–H and O–H groups in total. The van der Waals surface area contributed by atoms with E-state index in [2.05, 4.69) is 5.32 Å². The summed E-state index contributed by atoms with van der Waals surface area (Å²) < 4.78 is 5.18. The number of hydrogen-bond donors (Lipinski definition) is 3. The van der Waals surface area contributed by atoms with Gasteiger partial charge in [-0.1, -0.05) is 43.3 Å². The Morgan fingerprint density at radius 3 is 2.60 bits per heavy atom. The van der Waals surface area contributed by atoms with E-state index < -0.39 is 12.1 Å². The van der Waals surface area contributed by atoms with E-state index >= 15 is 0 Å². The van der Waals surface area contributed by atoms with E-state index in [1.54, 1.807) is 17.0 Å². The minimum Gasteiger partial charge on any atom is -0.504 e. The highest BCUT2D eigenvalue weighted by Crippen LogP contribution is 2.30. The Labute approximate surface area is 176 Å². The van der Waals surface area contributed by atoms with Gasteiger partial charge in [-0.25, -0.2) is 0 Å². The second-order valence-corrected chi connectivity index (χ2v) is 7.60. The minimum absolute atomic E-state index is 0.0271. The Bertz CT molecular complexity index is 887. The number of benzene rings is 2. The molecule has 0 aromatic heterocycles. The highest BCUT2D eigenvalue weighted by Gasteiger charge is 2.42. The van der Waals surface area contributed by atoms with Crippen LogP contribution in [0.1, 0.15) is 36.8 Å². The lowest BCUT2D eigenvalue weighted by atomic mass is 9.89. The Morgan fingerprint density at radius 1 is 1.20 bits per heavy atom. The molecule has 7 heteroatoms. The first-order chi connectivity index (χ1) is 14.5. The average Bonchev–Trinajstić information content (AvgIpc) is 2.77. The molecular formula is C23H29N3O4. The Hall–Kier alpha value is -3.06. The topological polar surface area (TPSA) is 105 Å². The number of amides is 2. The summed E-state index contributed by atoms with van der Waals surface area (Å²) in [5.41, 5.74) is 7.41. The highest BCUT2D eigenvalue weighted by molar-refractivity contribution is 5.97. The number of nitrogens with two attached hydrogens (primary N) is 1. The molecule has 3 unspecified atom stereocenters. The molecule has 2 amide bonds. The molecule has 1 saturated heterocycles. The standard InChI is InChI=1S/C23H29N3O4/c1-15(17-7-4-3-5-8-17)21-23(29)26(18(9-6-12-24)22(28)25-21)14-16-10-11-19(27)20(13-16)30-2/h3-5,7-8,10-11,13,15,18,21,27H,6,9,12,14,24H2,1-2H3,(H,25,28). The molecule has 1 aliphatic rings.